The van der Waals surface area contributed by atoms with Gasteiger partial charge in [-0.25, -0.2) is 9.69 Å². The fraction of sp³-hybridized carbons (Fsp3) is 0.286. The zero-order valence-electron chi connectivity index (χ0n) is 18.8. The number of carbonyl (C=O) groups excluding carboxylic acids is 2. The maximum absolute atomic E-state index is 13.9. The van der Waals surface area contributed by atoms with Crippen molar-refractivity contribution in [1.82, 2.24) is 9.80 Å². The second kappa shape index (κ2) is 9.20. The van der Waals surface area contributed by atoms with Gasteiger partial charge in [0.2, 0.25) is 5.91 Å². The van der Waals surface area contributed by atoms with E-state index in [0.717, 1.165) is 24.2 Å². The summed E-state index contributed by atoms with van der Waals surface area (Å²) in [6.45, 7) is 4.43. The summed E-state index contributed by atoms with van der Waals surface area (Å²) in [5.74, 6) is -0.438. The summed E-state index contributed by atoms with van der Waals surface area (Å²) in [6, 6.07) is 28.0. The lowest BCUT2D eigenvalue weighted by Gasteiger charge is -2.26. The molecular formula is C28H28N2O3. The van der Waals surface area contributed by atoms with Crippen molar-refractivity contribution >= 4 is 12.0 Å². The second-order valence-electron chi connectivity index (χ2n) is 9.02. The number of imide groups is 1. The Hall–Kier alpha value is -3.44. The third kappa shape index (κ3) is 4.41. The van der Waals surface area contributed by atoms with Gasteiger partial charge in [-0.3, -0.25) is 9.69 Å². The third-order valence-corrected chi connectivity index (χ3v) is 6.73. The van der Waals surface area contributed by atoms with E-state index in [9.17, 15) is 9.59 Å². The molecule has 0 N–H and O–H groups in total. The third-order valence-electron chi connectivity index (χ3n) is 6.73. The minimum Gasteiger partial charge on any atom is -0.446 e. The molecule has 5 rings (SSSR count). The molecule has 0 bridgehead atoms. The number of aryl methyl sites for hydroxylation is 1. The van der Waals surface area contributed by atoms with Crippen molar-refractivity contribution in [3.8, 4) is 0 Å². The largest absolute Gasteiger partial charge is 0.446 e. The van der Waals surface area contributed by atoms with Gasteiger partial charge in [-0.2, -0.15) is 0 Å². The first-order valence-electron chi connectivity index (χ1n) is 11.5. The first-order valence-corrected chi connectivity index (χ1v) is 11.5. The molecule has 0 spiro atoms. The van der Waals surface area contributed by atoms with Crippen LogP contribution in [-0.2, 0) is 16.1 Å². The Kier molecular flexibility index (Phi) is 5.97. The molecule has 2 aliphatic rings. The molecule has 0 aromatic heterocycles. The molecule has 168 valence electrons. The molecule has 0 unspecified atom stereocenters. The predicted octanol–water partition coefficient (Wildman–Crippen LogP) is 4.93. The maximum atomic E-state index is 13.9. The van der Waals surface area contributed by atoms with Gasteiger partial charge in [0.1, 0.15) is 12.6 Å². The Balaban J connectivity index is 1.45. The Labute approximate surface area is 194 Å². The van der Waals surface area contributed by atoms with Gasteiger partial charge in [-0.05, 0) is 23.6 Å². The molecule has 3 aromatic carbocycles. The monoisotopic (exact) mass is 440 g/mol. The number of benzene rings is 3. The highest BCUT2D eigenvalue weighted by Gasteiger charge is 2.47. The van der Waals surface area contributed by atoms with E-state index in [1.807, 2.05) is 54.6 Å². The normalized spacial score (nSPS) is 23.0. The molecule has 33 heavy (non-hydrogen) atoms. The summed E-state index contributed by atoms with van der Waals surface area (Å²) in [5, 5.41) is 0. The molecule has 2 aliphatic heterocycles. The zero-order chi connectivity index (χ0) is 22.8. The molecular weight excluding hydrogens is 412 g/mol. The van der Waals surface area contributed by atoms with Gasteiger partial charge in [0.05, 0.1) is 5.92 Å². The quantitative estimate of drug-likeness (QED) is 0.564. The average molecular weight is 441 g/mol. The molecule has 5 heteroatoms. The van der Waals surface area contributed by atoms with E-state index in [1.165, 1.54) is 16.0 Å². The lowest BCUT2D eigenvalue weighted by atomic mass is 9.87. The van der Waals surface area contributed by atoms with Crippen molar-refractivity contribution < 1.29 is 14.3 Å². The first-order chi connectivity index (χ1) is 16.1. The van der Waals surface area contributed by atoms with E-state index in [-0.39, 0.29) is 30.4 Å². The van der Waals surface area contributed by atoms with Crippen molar-refractivity contribution in [3.63, 3.8) is 0 Å². The number of amides is 2. The van der Waals surface area contributed by atoms with Crippen LogP contribution in [0.25, 0.3) is 0 Å². The number of rotatable bonds is 5. The molecule has 2 heterocycles. The van der Waals surface area contributed by atoms with Gasteiger partial charge < -0.3 is 4.74 Å². The minimum absolute atomic E-state index is 0.0194. The fourth-order valence-electron chi connectivity index (χ4n) is 5.11. The molecule has 0 radical (unpaired) electrons. The Morgan fingerprint density at radius 2 is 1.61 bits per heavy atom. The van der Waals surface area contributed by atoms with Crippen LogP contribution in [0.5, 0.6) is 0 Å². The Morgan fingerprint density at radius 3 is 2.33 bits per heavy atom. The van der Waals surface area contributed by atoms with Gasteiger partial charge in [0, 0.05) is 25.6 Å². The van der Waals surface area contributed by atoms with Crippen LogP contribution in [-0.4, -0.2) is 41.5 Å². The number of likely N-dealkylation sites (tertiary alicyclic amines) is 1. The van der Waals surface area contributed by atoms with Crippen molar-refractivity contribution in [1.29, 1.82) is 0 Å². The number of ether oxygens (including phenoxy) is 1. The summed E-state index contributed by atoms with van der Waals surface area (Å²) >= 11 is 0. The summed E-state index contributed by atoms with van der Waals surface area (Å²) in [4.78, 5) is 30.3. The molecule has 5 nitrogen and oxygen atoms in total. The van der Waals surface area contributed by atoms with Crippen molar-refractivity contribution in [2.45, 2.75) is 25.4 Å². The van der Waals surface area contributed by atoms with E-state index in [2.05, 4.69) is 42.2 Å². The molecule has 3 aromatic rings. The molecule has 3 atom stereocenters. The minimum atomic E-state index is -0.543. The number of hydrogen-bond acceptors (Lipinski definition) is 4. The van der Waals surface area contributed by atoms with E-state index < -0.39 is 6.09 Å². The zero-order valence-corrected chi connectivity index (χ0v) is 18.8. The summed E-state index contributed by atoms with van der Waals surface area (Å²) < 4.78 is 5.35. The van der Waals surface area contributed by atoms with Crippen LogP contribution >= 0.6 is 0 Å². The van der Waals surface area contributed by atoms with Crippen LogP contribution < -0.4 is 0 Å². The van der Waals surface area contributed by atoms with E-state index in [0.29, 0.717) is 6.54 Å². The maximum Gasteiger partial charge on any atom is 0.417 e. The van der Waals surface area contributed by atoms with Crippen LogP contribution in [0.1, 0.15) is 34.2 Å². The second-order valence-corrected chi connectivity index (χ2v) is 9.02. The average Bonchev–Trinajstić information content (AvgIpc) is 3.44. The first kappa shape index (κ1) is 21.4. The van der Waals surface area contributed by atoms with E-state index >= 15 is 0 Å². The summed E-state index contributed by atoms with van der Waals surface area (Å²) in [7, 11) is 0. The highest BCUT2D eigenvalue weighted by molar-refractivity contribution is 5.95. The molecule has 0 aliphatic carbocycles. The van der Waals surface area contributed by atoms with Crippen LogP contribution in [0.2, 0.25) is 0 Å². The fourth-order valence-corrected chi connectivity index (χ4v) is 5.11. The van der Waals surface area contributed by atoms with Gasteiger partial charge >= 0.3 is 6.09 Å². The van der Waals surface area contributed by atoms with Crippen molar-refractivity contribution in [2.75, 3.05) is 19.7 Å². The lowest BCUT2D eigenvalue weighted by molar-refractivity contribution is -0.133. The van der Waals surface area contributed by atoms with Crippen LogP contribution in [0, 0.1) is 12.8 Å². The SMILES string of the molecule is Cc1cccc([C@H]2CN(Cc3ccccc3)C[C@@H]2C(=O)N2C(=O)OC[C@@H]2c2ccccc2)c1. The highest BCUT2D eigenvalue weighted by Crippen LogP contribution is 2.38. The molecule has 0 saturated carbocycles. The smallest absolute Gasteiger partial charge is 0.417 e. The topological polar surface area (TPSA) is 49.9 Å². The van der Waals surface area contributed by atoms with Gasteiger partial charge in [-0.15, -0.1) is 0 Å². The summed E-state index contributed by atoms with van der Waals surface area (Å²) in [6.07, 6.45) is -0.543. The number of hydrogen-bond donors (Lipinski definition) is 0. The van der Waals surface area contributed by atoms with Crippen LogP contribution in [0.4, 0.5) is 4.79 Å². The lowest BCUT2D eigenvalue weighted by Crippen LogP contribution is -2.41. The van der Waals surface area contributed by atoms with Gasteiger partial charge in [0.15, 0.2) is 0 Å². The van der Waals surface area contributed by atoms with Gasteiger partial charge in [0.25, 0.3) is 0 Å². The standard InChI is InChI=1S/C28H28N2O3/c1-20-9-8-14-23(15-20)24-17-29(16-21-10-4-2-5-11-21)18-25(24)27(31)30-26(19-33-28(30)32)22-12-6-3-7-13-22/h2-15,24-26H,16-19H2,1H3/t24-,25+,26-/m1/s1. The van der Waals surface area contributed by atoms with E-state index in [1.54, 1.807) is 0 Å². The van der Waals surface area contributed by atoms with Crippen molar-refractivity contribution in [2.24, 2.45) is 5.92 Å². The highest BCUT2D eigenvalue weighted by atomic mass is 16.6. The number of cyclic esters (lactones) is 1. The molecule has 2 fully saturated rings. The number of nitrogens with zero attached hydrogens (tertiary/aromatic N) is 2. The summed E-state index contributed by atoms with van der Waals surface area (Å²) in [5.41, 5.74) is 4.45. The van der Waals surface area contributed by atoms with Crippen molar-refractivity contribution in [3.05, 3.63) is 107 Å². The molecule has 2 saturated heterocycles. The van der Waals surface area contributed by atoms with Gasteiger partial charge in [-0.1, -0.05) is 90.5 Å². The molecule has 2 amide bonds. The van der Waals surface area contributed by atoms with Crippen LogP contribution in [0.3, 0.4) is 0 Å². The van der Waals surface area contributed by atoms with Crippen LogP contribution in [0.15, 0.2) is 84.9 Å². The Bertz CT molecular complexity index is 1130. The number of carbonyl (C=O) groups is 2. The van der Waals surface area contributed by atoms with E-state index in [4.69, 9.17) is 4.74 Å². The Morgan fingerprint density at radius 1 is 0.909 bits per heavy atom. The predicted molar refractivity (Wildman–Crippen MR) is 127 cm³/mol.